The zero-order valence-corrected chi connectivity index (χ0v) is 7.87. The maximum atomic E-state index is 2.38. The van der Waals surface area contributed by atoms with E-state index in [1.165, 1.54) is 30.6 Å². The molecule has 1 nitrogen and oxygen atoms in total. The standard InChI is InChI=1S/C9H13NS/c1-7-6-11-8-4-3-5-10(2)9(7)8/h6H,3-5H2,1-2H3. The van der Waals surface area contributed by atoms with Crippen molar-refractivity contribution in [3.05, 3.63) is 15.8 Å². The molecule has 0 atom stereocenters. The van der Waals surface area contributed by atoms with Gasteiger partial charge in [0.1, 0.15) is 0 Å². The molecule has 2 rings (SSSR count). The van der Waals surface area contributed by atoms with Gasteiger partial charge >= 0.3 is 0 Å². The lowest BCUT2D eigenvalue weighted by Gasteiger charge is -2.25. The van der Waals surface area contributed by atoms with Gasteiger partial charge in [0, 0.05) is 18.5 Å². The molecule has 0 radical (unpaired) electrons. The van der Waals surface area contributed by atoms with Crippen molar-refractivity contribution in [1.29, 1.82) is 0 Å². The van der Waals surface area contributed by atoms with Gasteiger partial charge < -0.3 is 4.90 Å². The number of fused-ring (bicyclic) bond motifs is 1. The van der Waals surface area contributed by atoms with Crippen LogP contribution in [0.3, 0.4) is 0 Å². The highest BCUT2D eigenvalue weighted by Crippen LogP contribution is 2.34. The molecule has 0 fully saturated rings. The van der Waals surface area contributed by atoms with Crippen molar-refractivity contribution in [2.45, 2.75) is 19.8 Å². The Morgan fingerprint density at radius 3 is 3.09 bits per heavy atom. The van der Waals surface area contributed by atoms with Crippen LogP contribution in [-0.4, -0.2) is 13.6 Å². The highest BCUT2D eigenvalue weighted by atomic mass is 32.1. The lowest BCUT2D eigenvalue weighted by molar-refractivity contribution is 0.754. The van der Waals surface area contributed by atoms with Crippen molar-refractivity contribution in [3.8, 4) is 0 Å². The van der Waals surface area contributed by atoms with Gasteiger partial charge in [0.25, 0.3) is 0 Å². The van der Waals surface area contributed by atoms with Crippen LogP contribution in [-0.2, 0) is 6.42 Å². The topological polar surface area (TPSA) is 3.24 Å². The minimum Gasteiger partial charge on any atom is -0.373 e. The van der Waals surface area contributed by atoms with Crippen LogP contribution in [0.2, 0.25) is 0 Å². The summed E-state index contributed by atoms with van der Waals surface area (Å²) in [4.78, 5) is 3.96. The van der Waals surface area contributed by atoms with Gasteiger partial charge in [0.05, 0.1) is 5.69 Å². The summed E-state index contributed by atoms with van der Waals surface area (Å²) in [7, 11) is 2.19. The lowest BCUT2D eigenvalue weighted by atomic mass is 10.1. The Balaban J connectivity index is 2.48. The molecule has 0 bridgehead atoms. The summed E-state index contributed by atoms with van der Waals surface area (Å²) in [5, 5.41) is 2.27. The Morgan fingerprint density at radius 1 is 1.55 bits per heavy atom. The van der Waals surface area contributed by atoms with Gasteiger partial charge in [-0.15, -0.1) is 11.3 Å². The molecule has 0 N–H and O–H groups in total. The van der Waals surface area contributed by atoms with E-state index in [4.69, 9.17) is 0 Å². The summed E-state index contributed by atoms with van der Waals surface area (Å²) in [5.41, 5.74) is 2.95. The maximum absolute atomic E-state index is 2.38. The van der Waals surface area contributed by atoms with Gasteiger partial charge in [-0.3, -0.25) is 0 Å². The highest BCUT2D eigenvalue weighted by molar-refractivity contribution is 7.10. The molecular formula is C9H13NS. The van der Waals surface area contributed by atoms with Gasteiger partial charge in [0.2, 0.25) is 0 Å². The quantitative estimate of drug-likeness (QED) is 0.573. The average molecular weight is 167 g/mol. The molecule has 11 heavy (non-hydrogen) atoms. The van der Waals surface area contributed by atoms with Crippen LogP contribution in [0.25, 0.3) is 0 Å². The van der Waals surface area contributed by atoms with Crippen LogP contribution in [0.4, 0.5) is 5.69 Å². The first kappa shape index (κ1) is 7.17. The van der Waals surface area contributed by atoms with Gasteiger partial charge in [-0.25, -0.2) is 0 Å². The third-order valence-corrected chi connectivity index (χ3v) is 3.45. The molecule has 0 aliphatic carbocycles. The molecule has 1 aliphatic heterocycles. The Kier molecular flexibility index (Phi) is 1.64. The normalized spacial score (nSPS) is 16.7. The van der Waals surface area contributed by atoms with E-state index < -0.39 is 0 Å². The second-order valence-electron chi connectivity index (χ2n) is 3.22. The van der Waals surface area contributed by atoms with Crippen LogP contribution in [0.5, 0.6) is 0 Å². The molecule has 1 aromatic rings. The molecule has 1 aliphatic rings. The van der Waals surface area contributed by atoms with Crippen molar-refractivity contribution >= 4 is 17.0 Å². The number of anilines is 1. The molecule has 2 heteroatoms. The summed E-state index contributed by atoms with van der Waals surface area (Å²) >= 11 is 1.91. The van der Waals surface area contributed by atoms with Gasteiger partial charge in [-0.2, -0.15) is 0 Å². The van der Waals surface area contributed by atoms with E-state index >= 15 is 0 Å². The SMILES string of the molecule is Cc1csc2c1N(C)CCC2. The van der Waals surface area contributed by atoms with Gasteiger partial charge in [-0.05, 0) is 30.7 Å². The van der Waals surface area contributed by atoms with Gasteiger partial charge in [-0.1, -0.05) is 0 Å². The molecule has 0 unspecified atom stereocenters. The second kappa shape index (κ2) is 2.52. The molecule has 0 aromatic carbocycles. The van der Waals surface area contributed by atoms with Crippen molar-refractivity contribution in [2.24, 2.45) is 0 Å². The number of nitrogens with zero attached hydrogens (tertiary/aromatic N) is 1. The fourth-order valence-corrected chi connectivity index (χ4v) is 2.89. The van der Waals surface area contributed by atoms with Crippen LogP contribution in [0.15, 0.2) is 5.38 Å². The van der Waals surface area contributed by atoms with E-state index in [1.807, 2.05) is 11.3 Å². The van der Waals surface area contributed by atoms with Crippen molar-refractivity contribution in [1.82, 2.24) is 0 Å². The zero-order valence-electron chi connectivity index (χ0n) is 7.05. The maximum Gasteiger partial charge on any atom is 0.0534 e. The number of hydrogen-bond donors (Lipinski definition) is 0. The molecule has 0 saturated carbocycles. The Hall–Kier alpha value is -0.500. The van der Waals surface area contributed by atoms with Gasteiger partial charge in [0.15, 0.2) is 0 Å². The third kappa shape index (κ3) is 1.06. The van der Waals surface area contributed by atoms with E-state index in [1.54, 1.807) is 4.88 Å². The number of rotatable bonds is 0. The summed E-state index contributed by atoms with van der Waals surface area (Å²) in [6, 6.07) is 0. The minimum atomic E-state index is 1.23. The minimum absolute atomic E-state index is 1.23. The average Bonchev–Trinajstić information content (AvgIpc) is 2.34. The lowest BCUT2D eigenvalue weighted by Crippen LogP contribution is -2.23. The van der Waals surface area contributed by atoms with Crippen LogP contribution in [0.1, 0.15) is 16.9 Å². The molecule has 0 saturated heterocycles. The molecule has 0 spiro atoms. The number of thiophene rings is 1. The predicted molar refractivity (Wildman–Crippen MR) is 50.6 cm³/mol. The Labute approximate surface area is 71.7 Å². The van der Waals surface area contributed by atoms with Crippen molar-refractivity contribution < 1.29 is 0 Å². The smallest absolute Gasteiger partial charge is 0.0534 e. The molecular weight excluding hydrogens is 154 g/mol. The first-order chi connectivity index (χ1) is 5.29. The van der Waals surface area contributed by atoms with Crippen LogP contribution in [0, 0.1) is 6.92 Å². The summed E-state index contributed by atoms with van der Waals surface area (Å²) in [6.07, 6.45) is 2.61. The van der Waals surface area contributed by atoms with E-state index in [9.17, 15) is 0 Å². The second-order valence-corrected chi connectivity index (χ2v) is 4.18. The number of hydrogen-bond acceptors (Lipinski definition) is 2. The van der Waals surface area contributed by atoms with E-state index in [-0.39, 0.29) is 0 Å². The molecule has 1 aromatic heterocycles. The Bertz CT molecular complexity index is 265. The largest absolute Gasteiger partial charge is 0.373 e. The Morgan fingerprint density at radius 2 is 2.36 bits per heavy atom. The fraction of sp³-hybridized carbons (Fsp3) is 0.556. The first-order valence-electron chi connectivity index (χ1n) is 4.07. The van der Waals surface area contributed by atoms with Crippen LogP contribution >= 0.6 is 11.3 Å². The molecule has 2 heterocycles. The predicted octanol–water partition coefficient (Wildman–Crippen LogP) is 2.44. The summed E-state index contributed by atoms with van der Waals surface area (Å²) < 4.78 is 0. The zero-order chi connectivity index (χ0) is 7.84. The highest BCUT2D eigenvalue weighted by Gasteiger charge is 2.16. The van der Waals surface area contributed by atoms with E-state index in [0.29, 0.717) is 0 Å². The van der Waals surface area contributed by atoms with Crippen LogP contribution < -0.4 is 4.90 Å². The number of aryl methyl sites for hydroxylation is 2. The summed E-state index contributed by atoms with van der Waals surface area (Å²) in [5.74, 6) is 0. The van der Waals surface area contributed by atoms with E-state index in [2.05, 4.69) is 24.3 Å². The fourth-order valence-electron chi connectivity index (χ4n) is 1.77. The molecule has 0 amide bonds. The first-order valence-corrected chi connectivity index (χ1v) is 4.95. The molecule has 60 valence electrons. The third-order valence-electron chi connectivity index (χ3n) is 2.29. The summed E-state index contributed by atoms with van der Waals surface area (Å²) in [6.45, 7) is 3.43. The van der Waals surface area contributed by atoms with Crippen molar-refractivity contribution in [3.63, 3.8) is 0 Å². The monoisotopic (exact) mass is 167 g/mol. The van der Waals surface area contributed by atoms with Crippen molar-refractivity contribution in [2.75, 3.05) is 18.5 Å². The van der Waals surface area contributed by atoms with E-state index in [0.717, 1.165) is 0 Å².